The van der Waals surface area contributed by atoms with Crippen LogP contribution in [0.1, 0.15) is 36.7 Å². The molecule has 1 aliphatic rings. The van der Waals surface area contributed by atoms with Crippen molar-refractivity contribution in [2.45, 2.75) is 44.3 Å². The molecule has 1 aromatic heterocycles. The van der Waals surface area contributed by atoms with Crippen LogP contribution in [0.4, 0.5) is 5.13 Å². The van der Waals surface area contributed by atoms with Gasteiger partial charge in [0.25, 0.3) is 5.91 Å². The highest BCUT2D eigenvalue weighted by Gasteiger charge is 2.32. The fraction of sp³-hybridized carbons (Fsp3) is 0.462. The quantitative estimate of drug-likeness (QED) is 0.440. The molecular weight excluding hydrogens is 496 g/mol. The Morgan fingerprint density at radius 3 is 2.36 bits per heavy atom. The van der Waals surface area contributed by atoms with Crippen molar-refractivity contribution in [3.05, 3.63) is 53.6 Å². The van der Waals surface area contributed by atoms with Crippen LogP contribution in [-0.4, -0.2) is 81.0 Å². The monoisotopic (exact) mass is 530 g/mol. The number of amides is 1. The molecule has 2 atom stereocenters. The number of hydrogen-bond donors (Lipinski definition) is 0. The van der Waals surface area contributed by atoms with E-state index in [2.05, 4.69) is 19.1 Å². The van der Waals surface area contributed by atoms with Gasteiger partial charge in [0.1, 0.15) is 0 Å². The number of carbonyl (C=O) groups is 1. The third-order valence-corrected chi connectivity index (χ3v) is 9.11. The van der Waals surface area contributed by atoms with Crippen LogP contribution in [0.3, 0.4) is 0 Å². The molecule has 1 aliphatic heterocycles. The van der Waals surface area contributed by atoms with Crippen molar-refractivity contribution in [3.8, 4) is 0 Å². The first-order valence-corrected chi connectivity index (χ1v) is 14.5. The Kier molecular flexibility index (Phi) is 8.11. The van der Waals surface area contributed by atoms with Crippen molar-refractivity contribution >= 4 is 42.6 Å². The van der Waals surface area contributed by atoms with E-state index in [1.54, 1.807) is 17.0 Å². The topological polar surface area (TPSA) is 83.1 Å². The molecule has 0 radical (unpaired) electrons. The van der Waals surface area contributed by atoms with Gasteiger partial charge in [0.05, 0.1) is 27.3 Å². The van der Waals surface area contributed by atoms with Gasteiger partial charge in [-0.25, -0.2) is 13.4 Å². The molecule has 36 heavy (non-hydrogen) atoms. The number of morpholine rings is 1. The van der Waals surface area contributed by atoms with Gasteiger partial charge in [-0.1, -0.05) is 24.3 Å². The maximum absolute atomic E-state index is 13.6. The first-order valence-electron chi connectivity index (χ1n) is 12.2. The third-order valence-electron chi connectivity index (χ3n) is 6.22. The van der Waals surface area contributed by atoms with Gasteiger partial charge in [-0.05, 0) is 76.3 Å². The molecule has 10 heteroatoms. The first kappa shape index (κ1) is 26.7. The van der Waals surface area contributed by atoms with Crippen LogP contribution in [-0.2, 0) is 21.2 Å². The smallest absolute Gasteiger partial charge is 0.260 e. The number of sulfonamides is 1. The van der Waals surface area contributed by atoms with Crippen LogP contribution in [0.2, 0.25) is 0 Å². The van der Waals surface area contributed by atoms with Gasteiger partial charge >= 0.3 is 0 Å². The average molecular weight is 531 g/mol. The number of nitrogens with zero attached hydrogens (tertiary/aromatic N) is 4. The van der Waals surface area contributed by atoms with Gasteiger partial charge in [0.15, 0.2) is 5.13 Å². The Morgan fingerprint density at radius 1 is 1.08 bits per heavy atom. The molecule has 8 nitrogen and oxygen atoms in total. The Balaban J connectivity index is 1.61. The molecule has 0 spiro atoms. The largest absolute Gasteiger partial charge is 0.373 e. The highest BCUT2D eigenvalue weighted by molar-refractivity contribution is 7.89. The molecule has 0 N–H and O–H groups in total. The van der Waals surface area contributed by atoms with Gasteiger partial charge in [-0.15, -0.1) is 0 Å². The van der Waals surface area contributed by atoms with E-state index in [9.17, 15) is 13.2 Å². The zero-order chi connectivity index (χ0) is 26.0. The van der Waals surface area contributed by atoms with E-state index in [-0.39, 0.29) is 23.0 Å². The summed E-state index contributed by atoms with van der Waals surface area (Å²) in [6, 6.07) is 12.4. The van der Waals surface area contributed by atoms with Crippen molar-refractivity contribution in [1.29, 1.82) is 0 Å². The lowest BCUT2D eigenvalue weighted by Gasteiger charge is -2.34. The average Bonchev–Trinajstić information content (AvgIpc) is 3.26. The van der Waals surface area contributed by atoms with Crippen LogP contribution in [0.25, 0.3) is 10.2 Å². The van der Waals surface area contributed by atoms with Gasteiger partial charge in [-0.2, -0.15) is 4.31 Å². The lowest BCUT2D eigenvalue weighted by atomic mass is 10.2. The number of benzene rings is 2. The summed E-state index contributed by atoms with van der Waals surface area (Å²) in [5.41, 5.74) is 2.51. The zero-order valence-corrected chi connectivity index (χ0v) is 23.1. The standard InChI is InChI=1S/C26H34N4O4S2/c1-6-20-7-12-23-24(15-20)35-26(27-23)30(14-13-28(4)5)25(31)21-8-10-22(11-9-21)36(32,33)29-16-18(2)34-19(3)17-29/h7-12,15,18-19H,6,13-14,16-17H2,1-5H3. The number of fused-ring (bicyclic) bond motifs is 1. The second-order valence-corrected chi connectivity index (χ2v) is 12.5. The second-order valence-electron chi connectivity index (χ2n) is 9.52. The van der Waals surface area contributed by atoms with Gasteiger partial charge in [0.2, 0.25) is 10.0 Å². The molecule has 4 rings (SSSR count). The number of aromatic nitrogens is 1. The normalized spacial score (nSPS) is 19.2. The molecule has 0 aliphatic carbocycles. The number of thiazole rings is 1. The van der Waals surface area contributed by atoms with Crippen molar-refractivity contribution in [2.75, 3.05) is 45.2 Å². The van der Waals surface area contributed by atoms with E-state index >= 15 is 0 Å². The molecule has 0 saturated carbocycles. The van der Waals surface area contributed by atoms with Crippen molar-refractivity contribution < 1.29 is 17.9 Å². The Bertz CT molecular complexity index is 1310. The van der Waals surface area contributed by atoms with Crippen molar-refractivity contribution in [3.63, 3.8) is 0 Å². The van der Waals surface area contributed by atoms with Crippen molar-refractivity contribution in [2.24, 2.45) is 0 Å². The maximum Gasteiger partial charge on any atom is 0.260 e. The van der Waals surface area contributed by atoms with E-state index in [1.807, 2.05) is 38.9 Å². The summed E-state index contributed by atoms with van der Waals surface area (Å²) < 4.78 is 34.6. The van der Waals surface area contributed by atoms with Crippen LogP contribution in [0.15, 0.2) is 47.4 Å². The van der Waals surface area contributed by atoms with Gasteiger partial charge in [-0.3, -0.25) is 9.69 Å². The molecule has 194 valence electrons. The molecule has 2 unspecified atom stereocenters. The minimum absolute atomic E-state index is 0.170. The second kappa shape index (κ2) is 10.9. The Hall–Kier alpha value is -2.37. The molecule has 2 aromatic carbocycles. The predicted octanol–water partition coefficient (Wildman–Crippen LogP) is 3.87. The molecule has 1 saturated heterocycles. The summed E-state index contributed by atoms with van der Waals surface area (Å²) in [6.45, 7) is 7.60. The molecule has 1 fully saturated rings. The summed E-state index contributed by atoms with van der Waals surface area (Å²) in [5.74, 6) is -0.204. The fourth-order valence-corrected chi connectivity index (χ4v) is 6.92. The van der Waals surface area contributed by atoms with Crippen LogP contribution < -0.4 is 4.90 Å². The van der Waals surface area contributed by atoms with E-state index in [1.165, 1.54) is 33.3 Å². The molecule has 2 heterocycles. The van der Waals surface area contributed by atoms with E-state index in [0.717, 1.165) is 16.6 Å². The summed E-state index contributed by atoms with van der Waals surface area (Å²) in [6.07, 6.45) is 0.595. The van der Waals surface area contributed by atoms with E-state index in [4.69, 9.17) is 9.72 Å². The summed E-state index contributed by atoms with van der Waals surface area (Å²) in [4.78, 5) is 22.2. The third kappa shape index (κ3) is 5.78. The Labute approximate surface area is 217 Å². The van der Waals surface area contributed by atoms with E-state index in [0.29, 0.717) is 36.9 Å². The van der Waals surface area contributed by atoms with Crippen LogP contribution >= 0.6 is 11.3 Å². The highest BCUT2D eigenvalue weighted by Crippen LogP contribution is 2.31. The molecule has 0 bridgehead atoms. The minimum Gasteiger partial charge on any atom is -0.373 e. The maximum atomic E-state index is 13.6. The highest BCUT2D eigenvalue weighted by atomic mass is 32.2. The fourth-order valence-electron chi connectivity index (χ4n) is 4.28. The summed E-state index contributed by atoms with van der Waals surface area (Å²) in [5, 5.41) is 0.637. The molecule has 3 aromatic rings. The van der Waals surface area contributed by atoms with Crippen LogP contribution in [0, 0.1) is 0 Å². The lowest BCUT2D eigenvalue weighted by Crippen LogP contribution is -2.48. The number of hydrogen-bond acceptors (Lipinski definition) is 7. The first-order chi connectivity index (χ1) is 17.1. The number of anilines is 1. The summed E-state index contributed by atoms with van der Waals surface area (Å²) in [7, 11) is 0.243. The van der Waals surface area contributed by atoms with Crippen LogP contribution in [0.5, 0.6) is 0 Å². The predicted molar refractivity (Wildman–Crippen MR) is 144 cm³/mol. The number of carbonyl (C=O) groups excluding carboxylic acids is 1. The lowest BCUT2D eigenvalue weighted by molar-refractivity contribution is -0.0440. The SMILES string of the molecule is CCc1ccc2nc(N(CCN(C)C)C(=O)c3ccc(S(=O)(=O)N4CC(C)OC(C)C4)cc3)sc2c1. The van der Waals surface area contributed by atoms with Crippen molar-refractivity contribution in [1.82, 2.24) is 14.2 Å². The number of rotatable bonds is 8. The van der Waals surface area contributed by atoms with Gasteiger partial charge in [0, 0.05) is 31.7 Å². The number of ether oxygens (including phenoxy) is 1. The number of likely N-dealkylation sites (N-methyl/N-ethyl adjacent to an activating group) is 1. The zero-order valence-electron chi connectivity index (χ0n) is 21.5. The summed E-state index contributed by atoms with van der Waals surface area (Å²) >= 11 is 1.50. The Morgan fingerprint density at radius 2 is 1.75 bits per heavy atom. The molecular formula is C26H34N4O4S2. The van der Waals surface area contributed by atoms with Gasteiger partial charge < -0.3 is 9.64 Å². The minimum atomic E-state index is -3.68. The molecule has 1 amide bonds. The number of aryl methyl sites for hydroxylation is 1. The van der Waals surface area contributed by atoms with E-state index < -0.39 is 10.0 Å².